The van der Waals surface area contributed by atoms with Crippen LogP contribution >= 0.6 is 0 Å². The van der Waals surface area contributed by atoms with Gasteiger partial charge in [0.2, 0.25) is 0 Å². The normalized spacial score (nSPS) is 19.0. The molecule has 0 aliphatic heterocycles. The molecule has 1 saturated carbocycles. The van der Waals surface area contributed by atoms with Crippen LogP contribution in [0.3, 0.4) is 0 Å². The molecule has 0 spiro atoms. The number of rotatable bonds is 4. The fourth-order valence-corrected chi connectivity index (χ4v) is 1.93. The average Bonchev–Trinajstić information content (AvgIpc) is 2.48. The topological polar surface area (TPSA) is 29.9 Å². The molecular formula is C11H19N3. The van der Waals surface area contributed by atoms with Gasteiger partial charge in [0.25, 0.3) is 0 Å². The second kappa shape index (κ2) is 4.03. The van der Waals surface area contributed by atoms with Crippen LogP contribution in [0.4, 0.5) is 5.69 Å². The first-order valence-electron chi connectivity index (χ1n) is 5.58. The SMILES string of the molecule is CCn1cc(NC(C)C2CCC2)cn1. The van der Waals surface area contributed by atoms with E-state index in [1.165, 1.54) is 19.3 Å². The molecule has 0 aromatic carbocycles. The number of aromatic nitrogens is 2. The summed E-state index contributed by atoms with van der Waals surface area (Å²) in [5.74, 6) is 0.875. The van der Waals surface area contributed by atoms with E-state index >= 15 is 0 Å². The second-order valence-corrected chi connectivity index (χ2v) is 4.21. The predicted octanol–water partition coefficient (Wildman–Crippen LogP) is 2.50. The first kappa shape index (κ1) is 9.56. The lowest BCUT2D eigenvalue weighted by Gasteiger charge is -2.32. The van der Waals surface area contributed by atoms with Gasteiger partial charge in [0.1, 0.15) is 0 Å². The summed E-state index contributed by atoms with van der Waals surface area (Å²) in [5.41, 5.74) is 1.16. The summed E-state index contributed by atoms with van der Waals surface area (Å²) in [5, 5.41) is 7.76. The van der Waals surface area contributed by atoms with Crippen molar-refractivity contribution in [1.29, 1.82) is 0 Å². The number of hydrogen-bond acceptors (Lipinski definition) is 2. The molecule has 1 aromatic rings. The molecule has 1 aromatic heterocycles. The van der Waals surface area contributed by atoms with Crippen LogP contribution in [0.2, 0.25) is 0 Å². The Kier molecular flexibility index (Phi) is 2.75. The van der Waals surface area contributed by atoms with Gasteiger partial charge in [-0.2, -0.15) is 5.10 Å². The Morgan fingerprint density at radius 3 is 2.93 bits per heavy atom. The van der Waals surface area contributed by atoms with Gasteiger partial charge in [0, 0.05) is 18.8 Å². The first-order valence-corrected chi connectivity index (χ1v) is 5.58. The quantitative estimate of drug-likeness (QED) is 0.796. The molecule has 1 heterocycles. The Bertz CT molecular complexity index is 288. The van der Waals surface area contributed by atoms with Crippen molar-refractivity contribution in [2.24, 2.45) is 5.92 Å². The molecule has 1 aliphatic rings. The number of nitrogens with zero attached hydrogens (tertiary/aromatic N) is 2. The Morgan fingerprint density at radius 1 is 1.64 bits per heavy atom. The Balaban J connectivity index is 1.89. The van der Waals surface area contributed by atoms with Crippen LogP contribution in [0.15, 0.2) is 12.4 Å². The van der Waals surface area contributed by atoms with E-state index in [-0.39, 0.29) is 0 Å². The Morgan fingerprint density at radius 2 is 2.43 bits per heavy atom. The molecule has 3 nitrogen and oxygen atoms in total. The smallest absolute Gasteiger partial charge is 0.0728 e. The molecular weight excluding hydrogens is 174 g/mol. The summed E-state index contributed by atoms with van der Waals surface area (Å²) in [6.45, 7) is 5.32. The van der Waals surface area contributed by atoms with Gasteiger partial charge in [-0.3, -0.25) is 4.68 Å². The molecule has 1 atom stereocenters. The molecule has 1 aliphatic carbocycles. The zero-order chi connectivity index (χ0) is 9.97. The molecule has 1 N–H and O–H groups in total. The van der Waals surface area contributed by atoms with Crippen LogP contribution < -0.4 is 5.32 Å². The molecule has 0 radical (unpaired) electrons. The molecule has 2 rings (SSSR count). The van der Waals surface area contributed by atoms with Crippen LogP contribution in [-0.2, 0) is 6.54 Å². The van der Waals surface area contributed by atoms with E-state index in [9.17, 15) is 0 Å². The van der Waals surface area contributed by atoms with Gasteiger partial charge in [-0.25, -0.2) is 0 Å². The fourth-order valence-electron chi connectivity index (χ4n) is 1.93. The lowest BCUT2D eigenvalue weighted by Crippen LogP contribution is -2.30. The van der Waals surface area contributed by atoms with E-state index in [1.54, 1.807) is 0 Å². The highest BCUT2D eigenvalue weighted by molar-refractivity contribution is 5.39. The van der Waals surface area contributed by atoms with Gasteiger partial charge >= 0.3 is 0 Å². The molecule has 0 bridgehead atoms. The fraction of sp³-hybridized carbons (Fsp3) is 0.727. The minimum Gasteiger partial charge on any atom is -0.380 e. The van der Waals surface area contributed by atoms with Crippen molar-refractivity contribution in [2.45, 2.75) is 45.7 Å². The van der Waals surface area contributed by atoms with Gasteiger partial charge in [-0.05, 0) is 32.6 Å². The van der Waals surface area contributed by atoms with Crippen LogP contribution in [-0.4, -0.2) is 15.8 Å². The van der Waals surface area contributed by atoms with Gasteiger partial charge < -0.3 is 5.32 Å². The predicted molar refractivity (Wildman–Crippen MR) is 58.3 cm³/mol. The molecule has 14 heavy (non-hydrogen) atoms. The summed E-state index contributed by atoms with van der Waals surface area (Å²) in [4.78, 5) is 0. The highest BCUT2D eigenvalue weighted by Gasteiger charge is 2.23. The standard InChI is InChI=1S/C11H19N3/c1-3-14-8-11(7-12-14)13-9(2)10-5-4-6-10/h7-10,13H,3-6H2,1-2H3. The van der Waals surface area contributed by atoms with Crippen molar-refractivity contribution >= 4 is 5.69 Å². The molecule has 1 unspecified atom stereocenters. The summed E-state index contributed by atoms with van der Waals surface area (Å²) < 4.78 is 1.95. The number of hydrogen-bond donors (Lipinski definition) is 1. The van der Waals surface area contributed by atoms with Gasteiger partial charge in [0.05, 0.1) is 11.9 Å². The van der Waals surface area contributed by atoms with E-state index in [0.717, 1.165) is 18.2 Å². The number of aryl methyl sites for hydroxylation is 1. The van der Waals surface area contributed by atoms with E-state index in [2.05, 4.69) is 30.5 Å². The van der Waals surface area contributed by atoms with Crippen LogP contribution in [0.5, 0.6) is 0 Å². The third kappa shape index (κ3) is 1.91. The van der Waals surface area contributed by atoms with Crippen LogP contribution in [0, 0.1) is 5.92 Å². The van der Waals surface area contributed by atoms with E-state index in [4.69, 9.17) is 0 Å². The lowest BCUT2D eigenvalue weighted by molar-refractivity contribution is 0.285. The van der Waals surface area contributed by atoms with E-state index in [0.29, 0.717) is 6.04 Å². The molecule has 1 fully saturated rings. The highest BCUT2D eigenvalue weighted by atomic mass is 15.3. The summed E-state index contributed by atoms with van der Waals surface area (Å²) in [7, 11) is 0. The van der Waals surface area contributed by atoms with Gasteiger partial charge in [-0.15, -0.1) is 0 Å². The van der Waals surface area contributed by atoms with E-state index < -0.39 is 0 Å². The third-order valence-electron chi connectivity index (χ3n) is 3.21. The van der Waals surface area contributed by atoms with Gasteiger partial charge in [0.15, 0.2) is 0 Å². The summed E-state index contributed by atoms with van der Waals surface area (Å²) in [6.07, 6.45) is 8.17. The highest BCUT2D eigenvalue weighted by Crippen LogP contribution is 2.30. The maximum absolute atomic E-state index is 4.25. The molecule has 0 saturated heterocycles. The van der Waals surface area contributed by atoms with E-state index in [1.807, 2.05) is 10.9 Å². The molecule has 78 valence electrons. The zero-order valence-electron chi connectivity index (χ0n) is 9.03. The van der Waals surface area contributed by atoms with Crippen molar-refractivity contribution < 1.29 is 0 Å². The second-order valence-electron chi connectivity index (χ2n) is 4.21. The molecule has 0 amide bonds. The monoisotopic (exact) mass is 193 g/mol. The largest absolute Gasteiger partial charge is 0.380 e. The average molecular weight is 193 g/mol. The summed E-state index contributed by atoms with van der Waals surface area (Å²) >= 11 is 0. The number of anilines is 1. The maximum atomic E-state index is 4.25. The Hall–Kier alpha value is -0.990. The summed E-state index contributed by atoms with van der Waals surface area (Å²) in [6, 6.07) is 0.596. The minimum atomic E-state index is 0.596. The minimum absolute atomic E-state index is 0.596. The first-order chi connectivity index (χ1) is 6.79. The van der Waals surface area contributed by atoms with Crippen LogP contribution in [0.25, 0.3) is 0 Å². The van der Waals surface area contributed by atoms with Crippen molar-refractivity contribution in [3.63, 3.8) is 0 Å². The molecule has 3 heteroatoms. The van der Waals surface area contributed by atoms with Crippen molar-refractivity contribution in [1.82, 2.24) is 9.78 Å². The maximum Gasteiger partial charge on any atom is 0.0728 e. The zero-order valence-corrected chi connectivity index (χ0v) is 9.03. The lowest BCUT2D eigenvalue weighted by atomic mass is 9.80. The Labute approximate surface area is 85.5 Å². The van der Waals surface area contributed by atoms with Crippen LogP contribution in [0.1, 0.15) is 33.1 Å². The third-order valence-corrected chi connectivity index (χ3v) is 3.21. The van der Waals surface area contributed by atoms with Crippen molar-refractivity contribution in [3.8, 4) is 0 Å². The van der Waals surface area contributed by atoms with Crippen molar-refractivity contribution in [3.05, 3.63) is 12.4 Å². The van der Waals surface area contributed by atoms with Gasteiger partial charge in [-0.1, -0.05) is 6.42 Å². The van der Waals surface area contributed by atoms with Crippen molar-refractivity contribution in [2.75, 3.05) is 5.32 Å². The number of nitrogens with one attached hydrogen (secondary N) is 1.